The second-order valence-corrected chi connectivity index (χ2v) is 6.15. The van der Waals surface area contributed by atoms with E-state index in [1.54, 1.807) is 28.9 Å². The molecule has 1 N–H and O–H groups in total. The van der Waals surface area contributed by atoms with Crippen molar-refractivity contribution in [2.45, 2.75) is 25.8 Å². The van der Waals surface area contributed by atoms with Gasteiger partial charge in [-0.25, -0.2) is 0 Å². The molecule has 104 valence electrons. The van der Waals surface area contributed by atoms with Gasteiger partial charge in [-0.15, -0.1) is 0 Å². The van der Waals surface area contributed by atoms with E-state index in [9.17, 15) is 9.90 Å². The summed E-state index contributed by atoms with van der Waals surface area (Å²) in [7, 11) is 0. The lowest BCUT2D eigenvalue weighted by Gasteiger charge is -2.34. The van der Waals surface area contributed by atoms with Gasteiger partial charge in [-0.05, 0) is 18.1 Å². The van der Waals surface area contributed by atoms with Crippen LogP contribution in [0.25, 0.3) is 0 Å². The minimum Gasteiger partial charge on any atom is -0.394 e. The average Bonchev–Trinajstić information content (AvgIpc) is 2.46. The number of aromatic nitrogens is 1. The fourth-order valence-electron chi connectivity index (χ4n) is 2.29. The molecule has 1 aliphatic rings. The van der Waals surface area contributed by atoms with Crippen LogP contribution in [0.3, 0.4) is 0 Å². The Labute approximate surface area is 118 Å². The van der Waals surface area contributed by atoms with Gasteiger partial charge >= 0.3 is 0 Å². The molecule has 2 heterocycles. The maximum Gasteiger partial charge on any atom is 0.256 e. The van der Waals surface area contributed by atoms with Crippen LogP contribution in [0.1, 0.15) is 35.8 Å². The van der Waals surface area contributed by atoms with Crippen molar-refractivity contribution in [3.8, 4) is 0 Å². The molecule has 1 aromatic rings. The summed E-state index contributed by atoms with van der Waals surface area (Å²) in [5.41, 5.74) is 1.50. The lowest BCUT2D eigenvalue weighted by Crippen LogP contribution is -2.48. The van der Waals surface area contributed by atoms with Gasteiger partial charge < -0.3 is 10.0 Å². The van der Waals surface area contributed by atoms with Crippen molar-refractivity contribution in [1.29, 1.82) is 0 Å². The van der Waals surface area contributed by atoms with Crippen LogP contribution in [0.5, 0.6) is 0 Å². The molecule has 0 bridgehead atoms. The highest BCUT2D eigenvalue weighted by Gasteiger charge is 2.29. The summed E-state index contributed by atoms with van der Waals surface area (Å²) in [4.78, 5) is 18.8. The Bertz CT molecular complexity index is 451. The molecule has 1 aliphatic heterocycles. The molecular formula is C14H20N2O2S. The van der Waals surface area contributed by atoms with Gasteiger partial charge in [0.1, 0.15) is 0 Å². The molecule has 4 nitrogen and oxygen atoms in total. The summed E-state index contributed by atoms with van der Waals surface area (Å²) in [6, 6.07) is 3.55. The first-order chi connectivity index (χ1) is 9.15. The van der Waals surface area contributed by atoms with E-state index in [0.717, 1.165) is 17.2 Å². The third-order valence-electron chi connectivity index (χ3n) is 3.31. The average molecular weight is 280 g/mol. The Kier molecular flexibility index (Phi) is 4.82. The summed E-state index contributed by atoms with van der Waals surface area (Å²) in [5, 5.41) is 9.41. The molecule has 1 atom stereocenters. The van der Waals surface area contributed by atoms with Gasteiger partial charge in [0, 0.05) is 24.2 Å². The molecule has 1 aromatic heterocycles. The van der Waals surface area contributed by atoms with Crippen LogP contribution >= 0.6 is 11.8 Å². The van der Waals surface area contributed by atoms with Gasteiger partial charge in [-0.2, -0.15) is 11.8 Å². The first-order valence-electron chi connectivity index (χ1n) is 6.59. The normalized spacial score (nSPS) is 19.8. The highest BCUT2D eigenvalue weighted by atomic mass is 32.2. The number of thioether (sulfide) groups is 1. The molecule has 1 fully saturated rings. The standard InChI is InChI=1S/C14H20N2O2S/c1-10(2)13-12(4-3-5-15-13)14(18)16-6-7-19-9-11(16)8-17/h3-5,10-11,17H,6-9H2,1-2H3/t11-/m1/s1. The molecule has 0 radical (unpaired) electrons. The Morgan fingerprint density at radius 1 is 1.63 bits per heavy atom. The number of hydrogen-bond donors (Lipinski definition) is 1. The molecule has 0 unspecified atom stereocenters. The molecule has 0 aromatic carbocycles. The summed E-state index contributed by atoms with van der Waals surface area (Å²) in [6.07, 6.45) is 1.72. The van der Waals surface area contributed by atoms with Gasteiger partial charge in [0.05, 0.1) is 23.9 Å². The zero-order valence-corrected chi connectivity index (χ0v) is 12.2. The fourth-order valence-corrected chi connectivity index (χ4v) is 3.34. The number of pyridine rings is 1. The van der Waals surface area contributed by atoms with Crippen molar-refractivity contribution in [3.05, 3.63) is 29.6 Å². The van der Waals surface area contributed by atoms with Crippen molar-refractivity contribution in [3.63, 3.8) is 0 Å². The highest BCUT2D eigenvalue weighted by molar-refractivity contribution is 7.99. The largest absolute Gasteiger partial charge is 0.394 e. The molecule has 19 heavy (non-hydrogen) atoms. The number of hydrogen-bond acceptors (Lipinski definition) is 4. The van der Waals surface area contributed by atoms with Crippen molar-refractivity contribution in [2.24, 2.45) is 0 Å². The van der Waals surface area contributed by atoms with E-state index in [-0.39, 0.29) is 24.5 Å². The minimum absolute atomic E-state index is 0.00356. The van der Waals surface area contributed by atoms with E-state index in [0.29, 0.717) is 12.1 Å². The number of nitrogens with zero attached hydrogens (tertiary/aromatic N) is 2. The van der Waals surface area contributed by atoms with Gasteiger partial charge in [0.25, 0.3) is 5.91 Å². The highest BCUT2D eigenvalue weighted by Crippen LogP contribution is 2.22. The lowest BCUT2D eigenvalue weighted by atomic mass is 10.0. The second kappa shape index (κ2) is 6.39. The Morgan fingerprint density at radius 3 is 3.11 bits per heavy atom. The van der Waals surface area contributed by atoms with E-state index < -0.39 is 0 Å². The van der Waals surface area contributed by atoms with Crippen molar-refractivity contribution < 1.29 is 9.90 Å². The molecule has 0 aliphatic carbocycles. The van der Waals surface area contributed by atoms with Crippen LogP contribution in [0.4, 0.5) is 0 Å². The number of carbonyl (C=O) groups excluding carboxylic acids is 1. The zero-order valence-electron chi connectivity index (χ0n) is 11.4. The van der Waals surface area contributed by atoms with Crippen LogP contribution in [0.2, 0.25) is 0 Å². The van der Waals surface area contributed by atoms with Gasteiger partial charge in [0.15, 0.2) is 0 Å². The molecule has 2 rings (SSSR count). The molecule has 1 saturated heterocycles. The molecule has 5 heteroatoms. The maximum atomic E-state index is 12.7. The first kappa shape index (κ1) is 14.3. The number of carbonyl (C=O) groups is 1. The topological polar surface area (TPSA) is 53.4 Å². The Hall–Kier alpha value is -1.07. The molecular weight excluding hydrogens is 260 g/mol. The van der Waals surface area contributed by atoms with Gasteiger partial charge in [-0.3, -0.25) is 9.78 Å². The maximum absolute atomic E-state index is 12.7. The van der Waals surface area contributed by atoms with E-state index in [1.807, 2.05) is 19.9 Å². The smallest absolute Gasteiger partial charge is 0.256 e. The monoisotopic (exact) mass is 280 g/mol. The zero-order chi connectivity index (χ0) is 13.8. The van der Waals surface area contributed by atoms with E-state index in [1.165, 1.54) is 0 Å². The SMILES string of the molecule is CC(C)c1ncccc1C(=O)N1CCSC[C@H]1CO. The van der Waals surface area contributed by atoms with Gasteiger partial charge in [0.2, 0.25) is 0 Å². The van der Waals surface area contributed by atoms with Crippen LogP contribution in [0, 0.1) is 0 Å². The third-order valence-corrected chi connectivity index (χ3v) is 4.41. The van der Waals surface area contributed by atoms with Gasteiger partial charge in [-0.1, -0.05) is 13.8 Å². The van der Waals surface area contributed by atoms with E-state index >= 15 is 0 Å². The number of aliphatic hydroxyl groups is 1. The van der Waals surface area contributed by atoms with E-state index in [2.05, 4.69) is 4.98 Å². The van der Waals surface area contributed by atoms with Crippen LogP contribution < -0.4 is 0 Å². The Morgan fingerprint density at radius 2 is 2.42 bits per heavy atom. The quantitative estimate of drug-likeness (QED) is 0.916. The van der Waals surface area contributed by atoms with Crippen LogP contribution in [-0.2, 0) is 0 Å². The van der Waals surface area contributed by atoms with Crippen LogP contribution in [0.15, 0.2) is 18.3 Å². The third kappa shape index (κ3) is 3.09. The minimum atomic E-state index is -0.0773. The predicted molar refractivity (Wildman–Crippen MR) is 77.6 cm³/mol. The summed E-state index contributed by atoms with van der Waals surface area (Å²) < 4.78 is 0. The predicted octanol–water partition coefficient (Wildman–Crippen LogP) is 1.75. The molecule has 0 saturated carbocycles. The molecule has 0 spiro atoms. The summed E-state index contributed by atoms with van der Waals surface area (Å²) in [6.45, 7) is 4.79. The van der Waals surface area contributed by atoms with Crippen molar-refractivity contribution in [1.82, 2.24) is 9.88 Å². The van der Waals surface area contributed by atoms with E-state index in [4.69, 9.17) is 0 Å². The summed E-state index contributed by atoms with van der Waals surface area (Å²) >= 11 is 1.78. The summed E-state index contributed by atoms with van der Waals surface area (Å²) in [5.74, 6) is 1.95. The first-order valence-corrected chi connectivity index (χ1v) is 7.75. The fraction of sp³-hybridized carbons (Fsp3) is 0.571. The number of amides is 1. The lowest BCUT2D eigenvalue weighted by molar-refractivity contribution is 0.0630. The van der Waals surface area contributed by atoms with Crippen LogP contribution in [-0.4, -0.2) is 51.6 Å². The van der Waals surface area contributed by atoms with Crippen molar-refractivity contribution in [2.75, 3.05) is 24.7 Å². The number of aliphatic hydroxyl groups excluding tert-OH is 1. The number of rotatable bonds is 3. The second-order valence-electron chi connectivity index (χ2n) is 5.00. The molecule has 1 amide bonds. The Balaban J connectivity index is 2.28. The van der Waals surface area contributed by atoms with Crippen molar-refractivity contribution >= 4 is 17.7 Å².